The Morgan fingerprint density at radius 1 is 0.818 bits per heavy atom. The van der Waals surface area contributed by atoms with Gasteiger partial charge < -0.3 is 5.11 Å². The Balaban J connectivity index is 2.73. The van der Waals surface area contributed by atoms with E-state index in [0.717, 1.165) is 17.2 Å². The lowest BCUT2D eigenvalue weighted by atomic mass is 10.1. The topological polar surface area (TPSA) is 37.3 Å². The van der Waals surface area contributed by atoms with E-state index < -0.39 is 5.97 Å². The molecule has 0 aromatic heterocycles. The van der Waals surface area contributed by atoms with Gasteiger partial charge in [-0.2, -0.15) is 0 Å². The lowest BCUT2D eigenvalue weighted by Crippen LogP contribution is -1.84. The number of hydrogen-bond donors (Lipinski definition) is 1. The van der Waals surface area contributed by atoms with Crippen molar-refractivity contribution in [2.75, 3.05) is 0 Å². The molecular weight excluding hydrogens is 272 g/mol. The molecule has 0 amide bonds. The van der Waals surface area contributed by atoms with E-state index in [4.69, 9.17) is 5.11 Å². The summed E-state index contributed by atoms with van der Waals surface area (Å²) in [4.78, 5) is 10.4. The van der Waals surface area contributed by atoms with Crippen molar-refractivity contribution in [3.63, 3.8) is 0 Å². The highest BCUT2D eigenvalue weighted by molar-refractivity contribution is 5.80. The summed E-state index contributed by atoms with van der Waals surface area (Å²) >= 11 is 0. The van der Waals surface area contributed by atoms with E-state index >= 15 is 0 Å². The quantitative estimate of drug-likeness (QED) is 0.564. The molecule has 0 heterocycles. The van der Waals surface area contributed by atoms with Crippen molar-refractivity contribution in [3.8, 4) is 0 Å². The summed E-state index contributed by atoms with van der Waals surface area (Å²) in [6, 6.07) is 7.92. The molecule has 0 radical (unpaired) electrons. The van der Waals surface area contributed by atoms with Gasteiger partial charge in [-0.05, 0) is 18.1 Å². The molecule has 0 atom stereocenters. The third-order valence-electron chi connectivity index (χ3n) is 2.65. The molecule has 1 N–H and O–H groups in total. The van der Waals surface area contributed by atoms with Gasteiger partial charge in [0, 0.05) is 6.08 Å². The number of benzene rings is 1. The molecule has 0 unspecified atom stereocenters. The van der Waals surface area contributed by atoms with Crippen LogP contribution in [0.3, 0.4) is 0 Å². The predicted octanol–water partition coefficient (Wildman–Crippen LogP) is 5.04. The van der Waals surface area contributed by atoms with Crippen LogP contribution >= 0.6 is 0 Å². The van der Waals surface area contributed by atoms with Gasteiger partial charge in [-0.3, -0.25) is 0 Å². The second kappa shape index (κ2) is 10.9. The van der Waals surface area contributed by atoms with Gasteiger partial charge in [-0.15, -0.1) is 0 Å². The molecule has 2 nitrogen and oxygen atoms in total. The van der Waals surface area contributed by atoms with Crippen LogP contribution in [0.5, 0.6) is 0 Å². The van der Waals surface area contributed by atoms with Crippen LogP contribution in [-0.2, 0) is 4.79 Å². The van der Waals surface area contributed by atoms with E-state index in [9.17, 15) is 4.79 Å². The standard InChI is InChI=1S/C20H20O2/c1-2-3-4-5-6-7-8-13-18-14-9-10-15-19(18)16-11-12-17-20(21)22/h2-17H,1H3,(H,21,22)/b3-2?,5-4?,7-6+,13-8?,16-11?,17-12?. The molecule has 0 fully saturated rings. The molecule has 22 heavy (non-hydrogen) atoms. The van der Waals surface area contributed by atoms with Gasteiger partial charge in [0.25, 0.3) is 0 Å². The van der Waals surface area contributed by atoms with Crippen LogP contribution in [-0.4, -0.2) is 11.1 Å². The monoisotopic (exact) mass is 292 g/mol. The summed E-state index contributed by atoms with van der Waals surface area (Å²) in [5.74, 6) is -0.950. The average molecular weight is 292 g/mol. The van der Waals surface area contributed by atoms with Gasteiger partial charge in [0.1, 0.15) is 0 Å². The zero-order chi connectivity index (χ0) is 16.0. The SMILES string of the molecule is CC=CC=C/C=C/C=Cc1ccccc1C=CC=CC(=O)O. The Morgan fingerprint density at radius 3 is 1.86 bits per heavy atom. The van der Waals surface area contributed by atoms with Gasteiger partial charge in [0.15, 0.2) is 0 Å². The largest absolute Gasteiger partial charge is 0.478 e. The first-order valence-electron chi connectivity index (χ1n) is 7.03. The maximum absolute atomic E-state index is 10.4. The van der Waals surface area contributed by atoms with E-state index in [0.29, 0.717) is 0 Å². The summed E-state index contributed by atoms with van der Waals surface area (Å²) in [5, 5.41) is 8.54. The van der Waals surface area contributed by atoms with Gasteiger partial charge in [0.2, 0.25) is 0 Å². The number of rotatable bonds is 7. The Labute approximate surface area is 131 Å². The minimum absolute atomic E-state index is 0.950. The third-order valence-corrected chi connectivity index (χ3v) is 2.65. The van der Waals surface area contributed by atoms with Crippen molar-refractivity contribution in [2.45, 2.75) is 6.92 Å². The first kappa shape index (κ1) is 17.2. The fourth-order valence-corrected chi connectivity index (χ4v) is 1.64. The van der Waals surface area contributed by atoms with E-state index in [2.05, 4.69) is 0 Å². The number of allylic oxidation sites excluding steroid dienone is 9. The lowest BCUT2D eigenvalue weighted by Gasteiger charge is -1.98. The highest BCUT2D eigenvalue weighted by Crippen LogP contribution is 2.12. The minimum atomic E-state index is -0.950. The van der Waals surface area contributed by atoms with E-state index in [-0.39, 0.29) is 0 Å². The molecule has 0 spiro atoms. The Kier molecular flexibility index (Phi) is 8.48. The fraction of sp³-hybridized carbons (Fsp3) is 0.0500. The Morgan fingerprint density at radius 2 is 1.32 bits per heavy atom. The Hall–Kier alpha value is -2.87. The smallest absolute Gasteiger partial charge is 0.328 e. The second-order valence-corrected chi connectivity index (χ2v) is 4.34. The number of carboxylic acid groups (broad SMARTS) is 1. The number of aliphatic carboxylic acids is 1. The average Bonchev–Trinajstić information content (AvgIpc) is 2.51. The summed E-state index contributed by atoms with van der Waals surface area (Å²) < 4.78 is 0. The molecule has 0 bridgehead atoms. The van der Waals surface area contributed by atoms with Gasteiger partial charge in [-0.1, -0.05) is 91.1 Å². The number of carbonyl (C=O) groups is 1. The van der Waals surface area contributed by atoms with Gasteiger partial charge in [0.05, 0.1) is 0 Å². The molecule has 0 aliphatic carbocycles. The van der Waals surface area contributed by atoms with Crippen LogP contribution in [0.4, 0.5) is 0 Å². The lowest BCUT2D eigenvalue weighted by molar-refractivity contribution is -0.131. The normalized spacial score (nSPS) is 13.0. The van der Waals surface area contributed by atoms with Crippen LogP contribution in [0.25, 0.3) is 12.2 Å². The van der Waals surface area contributed by atoms with Crippen molar-refractivity contribution < 1.29 is 9.90 Å². The molecule has 0 saturated carbocycles. The number of carboxylic acids is 1. The first-order valence-corrected chi connectivity index (χ1v) is 7.03. The zero-order valence-corrected chi connectivity index (χ0v) is 12.6. The van der Waals surface area contributed by atoms with Crippen molar-refractivity contribution in [3.05, 3.63) is 96.2 Å². The van der Waals surface area contributed by atoms with Gasteiger partial charge in [-0.25, -0.2) is 4.79 Å². The maximum atomic E-state index is 10.4. The molecule has 112 valence electrons. The number of hydrogen-bond acceptors (Lipinski definition) is 1. The molecular formula is C20H20O2. The fourth-order valence-electron chi connectivity index (χ4n) is 1.64. The zero-order valence-electron chi connectivity index (χ0n) is 12.6. The minimum Gasteiger partial charge on any atom is -0.478 e. The third kappa shape index (κ3) is 7.65. The molecule has 0 aliphatic rings. The van der Waals surface area contributed by atoms with Crippen LogP contribution in [0.15, 0.2) is 85.0 Å². The second-order valence-electron chi connectivity index (χ2n) is 4.34. The van der Waals surface area contributed by atoms with Crippen LogP contribution in [0.1, 0.15) is 18.1 Å². The molecule has 1 aromatic carbocycles. The molecule has 0 aliphatic heterocycles. The highest BCUT2D eigenvalue weighted by Gasteiger charge is 1.92. The molecule has 1 aromatic rings. The van der Waals surface area contributed by atoms with Gasteiger partial charge >= 0.3 is 5.97 Å². The van der Waals surface area contributed by atoms with E-state index in [1.165, 1.54) is 6.08 Å². The van der Waals surface area contributed by atoms with Crippen LogP contribution in [0.2, 0.25) is 0 Å². The first-order chi connectivity index (χ1) is 10.7. The molecule has 1 rings (SSSR count). The van der Waals surface area contributed by atoms with Crippen LogP contribution in [0, 0.1) is 0 Å². The van der Waals surface area contributed by atoms with E-state index in [1.54, 1.807) is 6.08 Å². The molecule has 2 heteroatoms. The van der Waals surface area contributed by atoms with Crippen molar-refractivity contribution >= 4 is 18.1 Å². The predicted molar refractivity (Wildman–Crippen MR) is 94.4 cm³/mol. The summed E-state index contributed by atoms with van der Waals surface area (Å²) in [7, 11) is 0. The Bertz CT molecular complexity index is 641. The van der Waals surface area contributed by atoms with Crippen molar-refractivity contribution in [1.82, 2.24) is 0 Å². The summed E-state index contributed by atoms with van der Waals surface area (Å²) in [6.45, 7) is 1.98. The maximum Gasteiger partial charge on any atom is 0.328 e. The van der Waals surface area contributed by atoms with Crippen molar-refractivity contribution in [1.29, 1.82) is 0 Å². The highest BCUT2D eigenvalue weighted by atomic mass is 16.4. The summed E-state index contributed by atoms with van der Waals surface area (Å²) in [5.41, 5.74) is 2.11. The van der Waals surface area contributed by atoms with E-state index in [1.807, 2.05) is 85.9 Å². The van der Waals surface area contributed by atoms with Crippen molar-refractivity contribution in [2.24, 2.45) is 0 Å². The molecule has 0 saturated heterocycles. The summed E-state index contributed by atoms with van der Waals surface area (Å²) in [6.07, 6.45) is 22.0. The van der Waals surface area contributed by atoms with Crippen LogP contribution < -0.4 is 0 Å².